The first-order chi connectivity index (χ1) is 10.8. The van der Waals surface area contributed by atoms with Crippen molar-refractivity contribution in [3.8, 4) is 0 Å². The molecule has 1 aromatic carbocycles. The molecule has 0 radical (unpaired) electrons. The summed E-state index contributed by atoms with van der Waals surface area (Å²) in [5.41, 5.74) is 7.64. The van der Waals surface area contributed by atoms with E-state index in [1.807, 2.05) is 19.1 Å². The van der Waals surface area contributed by atoms with Gasteiger partial charge in [-0.1, -0.05) is 26.0 Å². The van der Waals surface area contributed by atoms with Crippen LogP contribution in [0.2, 0.25) is 0 Å². The van der Waals surface area contributed by atoms with Crippen molar-refractivity contribution in [3.63, 3.8) is 0 Å². The lowest BCUT2D eigenvalue weighted by Crippen LogP contribution is -2.43. The van der Waals surface area contributed by atoms with Crippen LogP contribution in [0, 0.1) is 5.92 Å². The summed E-state index contributed by atoms with van der Waals surface area (Å²) in [6, 6.07) is 6.92. The summed E-state index contributed by atoms with van der Waals surface area (Å²) < 4.78 is 0. The number of carbonyl (C=O) groups is 2. The van der Waals surface area contributed by atoms with Crippen LogP contribution in [-0.4, -0.2) is 48.3 Å². The number of nitrogens with two attached hydrogens (primary N) is 1. The van der Waals surface area contributed by atoms with Gasteiger partial charge in [0, 0.05) is 32.7 Å². The Balaban J connectivity index is 0.00000529. The molecule has 5 nitrogen and oxygen atoms in total. The molecule has 6 heteroatoms. The molecular formula is C18H30ClN3O2. The van der Waals surface area contributed by atoms with Crippen molar-refractivity contribution in [2.75, 3.05) is 20.6 Å². The summed E-state index contributed by atoms with van der Waals surface area (Å²) in [5, 5.41) is 0. The lowest BCUT2D eigenvalue weighted by atomic mass is 10.0. The van der Waals surface area contributed by atoms with Crippen molar-refractivity contribution in [1.82, 2.24) is 9.80 Å². The van der Waals surface area contributed by atoms with Gasteiger partial charge < -0.3 is 15.5 Å². The number of likely N-dealkylation sites (N-methyl/N-ethyl adjacent to an activating group) is 1. The molecule has 0 aliphatic rings. The van der Waals surface area contributed by atoms with E-state index in [0.717, 1.165) is 5.56 Å². The molecule has 0 fully saturated rings. The SMILES string of the molecule is CCN(Cc1ccc(C(=O)N(C)C)cc1)C(=O)[C@@H](N)CC(C)C.Cl. The van der Waals surface area contributed by atoms with Gasteiger partial charge in [0.2, 0.25) is 5.91 Å². The van der Waals surface area contributed by atoms with Crippen LogP contribution in [0.15, 0.2) is 24.3 Å². The van der Waals surface area contributed by atoms with Crippen molar-refractivity contribution in [2.45, 2.75) is 39.8 Å². The number of carbonyl (C=O) groups excluding carboxylic acids is 2. The van der Waals surface area contributed by atoms with Crippen molar-refractivity contribution in [1.29, 1.82) is 0 Å². The van der Waals surface area contributed by atoms with Crippen LogP contribution in [0.4, 0.5) is 0 Å². The molecule has 0 aliphatic heterocycles. The van der Waals surface area contributed by atoms with Crippen LogP contribution in [0.1, 0.15) is 43.1 Å². The van der Waals surface area contributed by atoms with Gasteiger partial charge in [0.05, 0.1) is 6.04 Å². The van der Waals surface area contributed by atoms with E-state index in [2.05, 4.69) is 13.8 Å². The maximum absolute atomic E-state index is 12.4. The second-order valence-electron chi connectivity index (χ2n) is 6.48. The summed E-state index contributed by atoms with van der Waals surface area (Å²) in [6.07, 6.45) is 0.686. The molecule has 2 N–H and O–H groups in total. The van der Waals surface area contributed by atoms with E-state index in [4.69, 9.17) is 5.73 Å². The van der Waals surface area contributed by atoms with E-state index in [1.54, 1.807) is 36.0 Å². The molecule has 0 spiro atoms. The minimum absolute atomic E-state index is 0. The largest absolute Gasteiger partial charge is 0.345 e. The van der Waals surface area contributed by atoms with E-state index in [1.165, 1.54) is 0 Å². The van der Waals surface area contributed by atoms with Gasteiger partial charge in [-0.05, 0) is 37.0 Å². The minimum Gasteiger partial charge on any atom is -0.345 e. The van der Waals surface area contributed by atoms with Gasteiger partial charge in [0.25, 0.3) is 5.91 Å². The number of hydrogen-bond acceptors (Lipinski definition) is 3. The highest BCUT2D eigenvalue weighted by Gasteiger charge is 2.21. The van der Waals surface area contributed by atoms with Crippen molar-refractivity contribution in [2.24, 2.45) is 11.7 Å². The molecule has 0 saturated carbocycles. The highest BCUT2D eigenvalue weighted by Crippen LogP contribution is 2.12. The second-order valence-corrected chi connectivity index (χ2v) is 6.48. The molecule has 136 valence electrons. The molecule has 24 heavy (non-hydrogen) atoms. The summed E-state index contributed by atoms with van der Waals surface area (Å²) >= 11 is 0. The Bertz CT molecular complexity index is 530. The first kappa shape index (κ1) is 22.4. The standard InChI is InChI=1S/C18H29N3O2.ClH/c1-6-21(18(23)16(19)11-13(2)3)12-14-7-9-15(10-8-14)17(22)20(4)5;/h7-10,13,16H,6,11-12,19H2,1-5H3;1H/t16-;/m0./s1. The van der Waals surface area contributed by atoms with Gasteiger partial charge in [-0.3, -0.25) is 9.59 Å². The molecule has 0 unspecified atom stereocenters. The average molecular weight is 356 g/mol. The Labute approximate surface area is 151 Å². The molecule has 1 aromatic rings. The number of rotatable bonds is 7. The van der Waals surface area contributed by atoms with E-state index in [0.29, 0.717) is 31.0 Å². The van der Waals surface area contributed by atoms with Gasteiger partial charge in [-0.2, -0.15) is 0 Å². The molecule has 1 rings (SSSR count). The maximum Gasteiger partial charge on any atom is 0.253 e. The van der Waals surface area contributed by atoms with E-state index in [9.17, 15) is 9.59 Å². The Morgan fingerprint density at radius 1 is 1.12 bits per heavy atom. The molecule has 0 aromatic heterocycles. The first-order valence-corrected chi connectivity index (χ1v) is 8.11. The summed E-state index contributed by atoms with van der Waals surface area (Å²) in [7, 11) is 3.45. The van der Waals surface area contributed by atoms with E-state index >= 15 is 0 Å². The van der Waals surface area contributed by atoms with Crippen LogP contribution in [0.25, 0.3) is 0 Å². The van der Waals surface area contributed by atoms with Crippen LogP contribution in [0.3, 0.4) is 0 Å². The van der Waals surface area contributed by atoms with Crippen molar-refractivity contribution >= 4 is 24.2 Å². The molecule has 0 bridgehead atoms. The molecular weight excluding hydrogens is 326 g/mol. The third-order valence-electron chi connectivity index (χ3n) is 3.72. The number of halogens is 1. The minimum atomic E-state index is -0.454. The van der Waals surface area contributed by atoms with E-state index in [-0.39, 0.29) is 24.2 Å². The van der Waals surface area contributed by atoms with Crippen molar-refractivity contribution in [3.05, 3.63) is 35.4 Å². The van der Waals surface area contributed by atoms with Crippen molar-refractivity contribution < 1.29 is 9.59 Å². The zero-order valence-electron chi connectivity index (χ0n) is 15.3. The monoisotopic (exact) mass is 355 g/mol. The number of hydrogen-bond donors (Lipinski definition) is 1. The normalized spacial score (nSPS) is 11.6. The summed E-state index contributed by atoms with van der Waals surface area (Å²) in [5.74, 6) is 0.345. The van der Waals surface area contributed by atoms with Gasteiger partial charge in [-0.25, -0.2) is 0 Å². The number of benzene rings is 1. The highest BCUT2D eigenvalue weighted by atomic mass is 35.5. The summed E-state index contributed by atoms with van der Waals surface area (Å²) in [4.78, 5) is 27.6. The Kier molecular flexibility index (Phi) is 9.63. The van der Waals surface area contributed by atoms with E-state index < -0.39 is 6.04 Å². The Morgan fingerprint density at radius 3 is 2.08 bits per heavy atom. The fourth-order valence-corrected chi connectivity index (χ4v) is 2.42. The van der Waals surface area contributed by atoms with Crippen LogP contribution in [0.5, 0.6) is 0 Å². The predicted molar refractivity (Wildman–Crippen MR) is 100 cm³/mol. The zero-order chi connectivity index (χ0) is 17.6. The third kappa shape index (κ3) is 6.49. The van der Waals surface area contributed by atoms with Gasteiger partial charge in [0.1, 0.15) is 0 Å². The molecule has 0 saturated heterocycles. The van der Waals surface area contributed by atoms with Gasteiger partial charge >= 0.3 is 0 Å². The fraction of sp³-hybridized carbons (Fsp3) is 0.556. The maximum atomic E-state index is 12.4. The smallest absolute Gasteiger partial charge is 0.253 e. The molecule has 2 amide bonds. The average Bonchev–Trinajstić information content (AvgIpc) is 2.51. The number of amides is 2. The third-order valence-corrected chi connectivity index (χ3v) is 3.72. The van der Waals surface area contributed by atoms with Gasteiger partial charge in [0.15, 0.2) is 0 Å². The summed E-state index contributed by atoms with van der Waals surface area (Å²) in [6.45, 7) is 7.19. The zero-order valence-corrected chi connectivity index (χ0v) is 16.1. The molecule has 0 aliphatic carbocycles. The van der Waals surface area contributed by atoms with Crippen LogP contribution < -0.4 is 5.73 Å². The quantitative estimate of drug-likeness (QED) is 0.817. The van der Waals surface area contributed by atoms with Crippen LogP contribution in [-0.2, 0) is 11.3 Å². The first-order valence-electron chi connectivity index (χ1n) is 8.11. The topological polar surface area (TPSA) is 66.6 Å². The fourth-order valence-electron chi connectivity index (χ4n) is 2.42. The highest BCUT2D eigenvalue weighted by molar-refractivity contribution is 5.93. The lowest BCUT2D eigenvalue weighted by Gasteiger charge is -2.25. The molecule has 1 atom stereocenters. The molecule has 0 heterocycles. The van der Waals surface area contributed by atoms with Gasteiger partial charge in [-0.15, -0.1) is 12.4 Å². The Hall–Kier alpha value is -1.59. The second kappa shape index (κ2) is 10.3. The van der Waals surface area contributed by atoms with Crippen LogP contribution >= 0.6 is 12.4 Å². The predicted octanol–water partition coefficient (Wildman–Crippen LogP) is 2.53. The lowest BCUT2D eigenvalue weighted by molar-refractivity contribution is -0.133. The Morgan fingerprint density at radius 2 is 1.67 bits per heavy atom. The number of nitrogens with zero attached hydrogens (tertiary/aromatic N) is 2.